The van der Waals surface area contributed by atoms with Gasteiger partial charge in [0, 0.05) is 13.1 Å². The highest BCUT2D eigenvalue weighted by molar-refractivity contribution is 5.75. The van der Waals surface area contributed by atoms with Crippen LogP contribution in [-0.4, -0.2) is 9.55 Å². The lowest BCUT2D eigenvalue weighted by Crippen LogP contribution is -1.89. The highest BCUT2D eigenvalue weighted by Crippen LogP contribution is 2.14. The number of hydrogen-bond acceptors (Lipinski definition) is 1. The number of imidazole rings is 1. The Morgan fingerprint density at radius 2 is 1.69 bits per heavy atom. The summed E-state index contributed by atoms with van der Waals surface area (Å²) in [6.07, 6.45) is 0. The highest BCUT2D eigenvalue weighted by atomic mass is 19.1. The Morgan fingerprint density at radius 1 is 1.12 bits per heavy atom. The van der Waals surface area contributed by atoms with Crippen molar-refractivity contribution in [3.63, 3.8) is 0 Å². The number of fused-ring (bicyclic) bond motifs is 1. The third-order valence-corrected chi connectivity index (χ3v) is 2.07. The van der Waals surface area contributed by atoms with E-state index in [2.05, 4.69) is 4.98 Å². The summed E-state index contributed by atoms with van der Waals surface area (Å²) in [5.41, 5.74) is 1.68. The Labute approximate surface area is 97.1 Å². The van der Waals surface area contributed by atoms with Gasteiger partial charge in [0.25, 0.3) is 0 Å². The maximum Gasteiger partial charge on any atom is 0.125 e. The highest BCUT2D eigenvalue weighted by Gasteiger charge is 2.03. The molecule has 2 rings (SSSR count). The van der Waals surface area contributed by atoms with E-state index in [1.807, 2.05) is 46.2 Å². The van der Waals surface area contributed by atoms with E-state index in [1.54, 1.807) is 6.07 Å². The average molecular weight is 224 g/mol. The predicted molar refractivity (Wildman–Crippen MR) is 68.1 cm³/mol. The van der Waals surface area contributed by atoms with Crippen LogP contribution in [0.25, 0.3) is 11.0 Å². The lowest BCUT2D eigenvalue weighted by atomic mass is 10.3. The molecule has 0 spiro atoms. The molecule has 16 heavy (non-hydrogen) atoms. The quantitative estimate of drug-likeness (QED) is 0.659. The van der Waals surface area contributed by atoms with Gasteiger partial charge in [-0.3, -0.25) is 0 Å². The Bertz CT molecular complexity index is 433. The Kier molecular flexibility index (Phi) is 6.38. The Morgan fingerprint density at radius 3 is 2.25 bits per heavy atom. The van der Waals surface area contributed by atoms with E-state index in [4.69, 9.17) is 0 Å². The standard InChI is InChI=1S/C9H9FN2.2C2H6/c1-6-11-8-5-7(10)3-4-9(8)12(6)2;2*1-2/h3-5H,1-2H3;2*1-2H3. The van der Waals surface area contributed by atoms with Crippen LogP contribution >= 0.6 is 0 Å². The van der Waals surface area contributed by atoms with Crippen LogP contribution in [0.3, 0.4) is 0 Å². The zero-order valence-electron chi connectivity index (χ0n) is 11.0. The first kappa shape index (κ1) is 14.6. The van der Waals surface area contributed by atoms with E-state index < -0.39 is 0 Å². The molecule has 0 amide bonds. The maximum atomic E-state index is 12.7. The van der Waals surface area contributed by atoms with Crippen LogP contribution in [0.2, 0.25) is 0 Å². The second-order valence-electron chi connectivity index (χ2n) is 2.85. The molecule has 0 aliphatic carbocycles. The summed E-state index contributed by atoms with van der Waals surface area (Å²) in [5.74, 6) is 0.663. The minimum Gasteiger partial charge on any atom is -0.331 e. The third-order valence-electron chi connectivity index (χ3n) is 2.07. The molecule has 0 aliphatic rings. The van der Waals surface area contributed by atoms with Crippen LogP contribution < -0.4 is 0 Å². The van der Waals surface area contributed by atoms with Crippen LogP contribution in [0.15, 0.2) is 18.2 Å². The summed E-state index contributed by atoms with van der Waals surface area (Å²) >= 11 is 0. The second-order valence-corrected chi connectivity index (χ2v) is 2.85. The molecule has 0 radical (unpaired) electrons. The van der Waals surface area contributed by atoms with E-state index in [-0.39, 0.29) is 5.82 Å². The fourth-order valence-electron chi connectivity index (χ4n) is 1.29. The summed E-state index contributed by atoms with van der Waals surface area (Å²) in [6, 6.07) is 4.64. The smallest absolute Gasteiger partial charge is 0.125 e. The molecule has 0 fully saturated rings. The van der Waals surface area contributed by atoms with Gasteiger partial charge in [0.1, 0.15) is 11.6 Å². The zero-order valence-corrected chi connectivity index (χ0v) is 11.0. The van der Waals surface area contributed by atoms with Gasteiger partial charge in [0.2, 0.25) is 0 Å². The molecule has 0 atom stereocenters. The van der Waals surface area contributed by atoms with Crippen molar-refractivity contribution in [2.45, 2.75) is 34.6 Å². The third kappa shape index (κ3) is 3.05. The van der Waals surface area contributed by atoms with Crippen LogP contribution in [-0.2, 0) is 7.05 Å². The summed E-state index contributed by atoms with van der Waals surface area (Å²) < 4.78 is 14.7. The number of halogens is 1. The normalized spacial score (nSPS) is 8.94. The van der Waals surface area contributed by atoms with Crippen molar-refractivity contribution in [1.29, 1.82) is 0 Å². The summed E-state index contributed by atoms with van der Waals surface area (Å²) in [5, 5.41) is 0. The van der Waals surface area contributed by atoms with Gasteiger partial charge < -0.3 is 4.57 Å². The number of aromatic nitrogens is 2. The SMILES string of the molecule is CC.CC.Cc1nc2cc(F)ccc2n1C. The predicted octanol–water partition coefficient (Wildman–Crippen LogP) is 4.07. The van der Waals surface area contributed by atoms with Gasteiger partial charge >= 0.3 is 0 Å². The van der Waals surface area contributed by atoms with Crippen LogP contribution in [0, 0.1) is 12.7 Å². The first-order chi connectivity index (χ1) is 7.68. The number of hydrogen-bond donors (Lipinski definition) is 0. The van der Waals surface area contributed by atoms with Gasteiger partial charge in [-0.25, -0.2) is 9.37 Å². The van der Waals surface area contributed by atoms with Crippen molar-refractivity contribution >= 4 is 11.0 Å². The molecule has 90 valence electrons. The lowest BCUT2D eigenvalue weighted by molar-refractivity contribution is 0.629. The lowest BCUT2D eigenvalue weighted by Gasteiger charge is -1.94. The van der Waals surface area contributed by atoms with E-state index in [0.29, 0.717) is 0 Å². The molecule has 0 unspecified atom stereocenters. The van der Waals surface area contributed by atoms with Crippen LogP contribution in [0.5, 0.6) is 0 Å². The molecule has 1 heterocycles. The van der Waals surface area contributed by atoms with Crippen molar-refractivity contribution in [2.24, 2.45) is 7.05 Å². The van der Waals surface area contributed by atoms with Crippen LogP contribution in [0.4, 0.5) is 4.39 Å². The summed E-state index contributed by atoms with van der Waals surface area (Å²) in [4.78, 5) is 4.20. The minimum atomic E-state index is -0.236. The molecule has 0 aliphatic heterocycles. The monoisotopic (exact) mass is 224 g/mol. The van der Waals surface area contributed by atoms with E-state index >= 15 is 0 Å². The zero-order chi connectivity index (χ0) is 12.7. The summed E-state index contributed by atoms with van der Waals surface area (Å²) in [7, 11) is 1.92. The van der Waals surface area contributed by atoms with Gasteiger partial charge in [-0.1, -0.05) is 27.7 Å². The first-order valence-corrected chi connectivity index (χ1v) is 5.77. The maximum absolute atomic E-state index is 12.7. The van der Waals surface area contributed by atoms with E-state index in [1.165, 1.54) is 12.1 Å². The molecular formula is C13H21FN2. The first-order valence-electron chi connectivity index (χ1n) is 5.77. The van der Waals surface area contributed by atoms with Crippen molar-refractivity contribution in [2.75, 3.05) is 0 Å². The van der Waals surface area contributed by atoms with Crippen molar-refractivity contribution < 1.29 is 4.39 Å². The Balaban J connectivity index is 0.000000509. The van der Waals surface area contributed by atoms with Gasteiger partial charge in [0.15, 0.2) is 0 Å². The number of rotatable bonds is 0. The Hall–Kier alpha value is -1.38. The summed E-state index contributed by atoms with van der Waals surface area (Å²) in [6.45, 7) is 9.90. The molecule has 1 aromatic heterocycles. The number of nitrogens with zero attached hydrogens (tertiary/aromatic N) is 2. The number of aryl methyl sites for hydroxylation is 2. The molecule has 0 saturated carbocycles. The van der Waals surface area contributed by atoms with E-state index in [9.17, 15) is 4.39 Å². The molecule has 0 N–H and O–H groups in total. The fourth-order valence-corrected chi connectivity index (χ4v) is 1.29. The van der Waals surface area contributed by atoms with Gasteiger partial charge in [-0.05, 0) is 19.1 Å². The molecule has 1 aromatic carbocycles. The molecule has 3 heteroatoms. The fraction of sp³-hybridized carbons (Fsp3) is 0.462. The van der Waals surface area contributed by atoms with Crippen molar-refractivity contribution in [3.8, 4) is 0 Å². The van der Waals surface area contributed by atoms with Gasteiger partial charge in [-0.15, -0.1) is 0 Å². The average Bonchev–Trinajstić information content (AvgIpc) is 2.60. The van der Waals surface area contributed by atoms with Gasteiger partial charge in [0.05, 0.1) is 11.0 Å². The largest absolute Gasteiger partial charge is 0.331 e. The molecular weight excluding hydrogens is 203 g/mol. The second kappa shape index (κ2) is 6.99. The van der Waals surface area contributed by atoms with Gasteiger partial charge in [-0.2, -0.15) is 0 Å². The molecule has 0 saturated heterocycles. The molecule has 2 aromatic rings. The van der Waals surface area contributed by atoms with Crippen LogP contribution in [0.1, 0.15) is 33.5 Å². The molecule has 0 bridgehead atoms. The van der Waals surface area contributed by atoms with Crippen molar-refractivity contribution in [1.82, 2.24) is 9.55 Å². The topological polar surface area (TPSA) is 17.8 Å². The minimum absolute atomic E-state index is 0.236. The number of benzene rings is 1. The van der Waals surface area contributed by atoms with E-state index in [0.717, 1.165) is 16.9 Å². The van der Waals surface area contributed by atoms with Crippen molar-refractivity contribution in [3.05, 3.63) is 29.8 Å². The molecule has 2 nitrogen and oxygen atoms in total.